The normalized spacial score (nSPS) is 24.5. The summed E-state index contributed by atoms with van der Waals surface area (Å²) >= 11 is 0. The standard InChI is InChI=1S/C14H20FNO/c1-9-7-11(9)5-6-17-14-8-12(10(2)16)3-4-13(14)15/h3-4,8-11H,5-7,16H2,1-2H3/t9-,10+,11?/m1/s1. The van der Waals surface area contributed by atoms with Gasteiger partial charge in [-0.2, -0.15) is 0 Å². The predicted molar refractivity (Wildman–Crippen MR) is 66.4 cm³/mol. The van der Waals surface area contributed by atoms with Crippen LogP contribution in [-0.2, 0) is 0 Å². The van der Waals surface area contributed by atoms with Crippen molar-refractivity contribution >= 4 is 0 Å². The number of ether oxygens (including phenoxy) is 1. The fourth-order valence-electron chi connectivity index (χ4n) is 2.04. The monoisotopic (exact) mass is 237 g/mol. The maximum atomic E-state index is 13.5. The van der Waals surface area contributed by atoms with Gasteiger partial charge in [0.15, 0.2) is 11.6 Å². The third-order valence-electron chi connectivity index (χ3n) is 3.50. The smallest absolute Gasteiger partial charge is 0.165 e. The van der Waals surface area contributed by atoms with Gasteiger partial charge in [0.05, 0.1) is 6.61 Å². The first kappa shape index (κ1) is 12.4. The van der Waals surface area contributed by atoms with E-state index in [1.165, 1.54) is 12.5 Å². The molecule has 0 saturated heterocycles. The Morgan fingerprint density at radius 2 is 2.24 bits per heavy atom. The second kappa shape index (κ2) is 5.05. The molecule has 1 aromatic carbocycles. The van der Waals surface area contributed by atoms with Crippen LogP contribution in [0.15, 0.2) is 18.2 Å². The van der Waals surface area contributed by atoms with Crippen molar-refractivity contribution in [3.8, 4) is 5.75 Å². The molecule has 0 amide bonds. The van der Waals surface area contributed by atoms with Gasteiger partial charge in [-0.25, -0.2) is 4.39 Å². The van der Waals surface area contributed by atoms with Crippen LogP contribution in [0.1, 0.15) is 38.3 Å². The van der Waals surface area contributed by atoms with Gasteiger partial charge in [0.2, 0.25) is 0 Å². The van der Waals surface area contributed by atoms with Crippen LogP contribution >= 0.6 is 0 Å². The molecule has 1 saturated carbocycles. The lowest BCUT2D eigenvalue weighted by Crippen LogP contribution is -2.06. The number of rotatable bonds is 5. The Kier molecular flexibility index (Phi) is 3.67. The van der Waals surface area contributed by atoms with Crippen LogP contribution in [0, 0.1) is 17.7 Å². The van der Waals surface area contributed by atoms with Gasteiger partial charge in [0, 0.05) is 6.04 Å². The van der Waals surface area contributed by atoms with E-state index in [4.69, 9.17) is 10.5 Å². The molecular weight excluding hydrogens is 217 g/mol. The summed E-state index contributed by atoms with van der Waals surface area (Å²) < 4.78 is 19.0. The Morgan fingerprint density at radius 1 is 1.53 bits per heavy atom. The molecule has 2 nitrogen and oxygen atoms in total. The Bertz CT molecular complexity index is 392. The fraction of sp³-hybridized carbons (Fsp3) is 0.571. The van der Waals surface area contributed by atoms with Gasteiger partial charge in [0.1, 0.15) is 0 Å². The predicted octanol–water partition coefficient (Wildman–Crippen LogP) is 3.27. The number of hydrogen-bond donors (Lipinski definition) is 1. The van der Waals surface area contributed by atoms with Gasteiger partial charge in [-0.05, 0) is 49.3 Å². The maximum absolute atomic E-state index is 13.5. The van der Waals surface area contributed by atoms with Gasteiger partial charge < -0.3 is 10.5 Å². The molecule has 1 aromatic rings. The molecule has 0 aromatic heterocycles. The van der Waals surface area contributed by atoms with E-state index in [0.717, 1.165) is 23.8 Å². The Labute approximate surface area is 102 Å². The fourth-order valence-corrected chi connectivity index (χ4v) is 2.04. The van der Waals surface area contributed by atoms with Crippen LogP contribution in [0.25, 0.3) is 0 Å². The maximum Gasteiger partial charge on any atom is 0.165 e. The summed E-state index contributed by atoms with van der Waals surface area (Å²) in [5.74, 6) is 1.61. The number of benzene rings is 1. The highest BCUT2D eigenvalue weighted by Crippen LogP contribution is 2.40. The average molecular weight is 237 g/mol. The van der Waals surface area contributed by atoms with Crippen LogP contribution in [0.2, 0.25) is 0 Å². The third-order valence-corrected chi connectivity index (χ3v) is 3.50. The molecule has 1 aliphatic rings. The summed E-state index contributed by atoms with van der Waals surface area (Å²) in [5.41, 5.74) is 6.66. The number of hydrogen-bond acceptors (Lipinski definition) is 2. The van der Waals surface area contributed by atoms with Crippen molar-refractivity contribution in [1.29, 1.82) is 0 Å². The highest BCUT2D eigenvalue weighted by atomic mass is 19.1. The van der Waals surface area contributed by atoms with Gasteiger partial charge >= 0.3 is 0 Å². The summed E-state index contributed by atoms with van der Waals surface area (Å²) in [4.78, 5) is 0. The Hall–Kier alpha value is -1.09. The van der Waals surface area contributed by atoms with E-state index in [9.17, 15) is 4.39 Å². The van der Waals surface area contributed by atoms with Crippen LogP contribution in [0.4, 0.5) is 4.39 Å². The second-order valence-electron chi connectivity index (χ2n) is 5.09. The first-order valence-electron chi connectivity index (χ1n) is 6.25. The van der Waals surface area contributed by atoms with E-state index >= 15 is 0 Å². The van der Waals surface area contributed by atoms with Gasteiger partial charge in [-0.15, -0.1) is 0 Å². The van der Waals surface area contributed by atoms with Crippen molar-refractivity contribution in [3.63, 3.8) is 0 Å². The molecule has 0 spiro atoms. The van der Waals surface area contributed by atoms with E-state index in [0.29, 0.717) is 12.4 Å². The van der Waals surface area contributed by atoms with Crippen molar-refractivity contribution in [2.24, 2.45) is 17.6 Å². The minimum atomic E-state index is -0.307. The molecule has 2 rings (SSSR count). The molecular formula is C14H20FNO. The molecule has 0 heterocycles. The van der Waals surface area contributed by atoms with Crippen LogP contribution in [0.5, 0.6) is 5.75 Å². The summed E-state index contributed by atoms with van der Waals surface area (Å²) in [6.45, 7) is 4.71. The first-order valence-corrected chi connectivity index (χ1v) is 6.25. The lowest BCUT2D eigenvalue weighted by Gasteiger charge is -2.11. The van der Waals surface area contributed by atoms with Gasteiger partial charge in [-0.1, -0.05) is 13.0 Å². The van der Waals surface area contributed by atoms with Crippen molar-refractivity contribution in [2.75, 3.05) is 6.61 Å². The molecule has 0 aliphatic heterocycles. The molecule has 3 atom stereocenters. The van der Waals surface area contributed by atoms with Crippen LogP contribution in [0.3, 0.4) is 0 Å². The van der Waals surface area contributed by atoms with E-state index in [1.54, 1.807) is 12.1 Å². The third kappa shape index (κ3) is 3.19. The van der Waals surface area contributed by atoms with Crippen LogP contribution < -0.4 is 10.5 Å². The molecule has 3 heteroatoms. The zero-order valence-electron chi connectivity index (χ0n) is 10.4. The largest absolute Gasteiger partial charge is 0.490 e. The SMILES string of the molecule is C[C@H](N)c1ccc(F)c(OCCC2C[C@H]2C)c1. The van der Waals surface area contributed by atoms with Crippen molar-refractivity contribution in [1.82, 2.24) is 0 Å². The molecule has 2 N–H and O–H groups in total. The Morgan fingerprint density at radius 3 is 2.82 bits per heavy atom. The molecule has 0 bridgehead atoms. The molecule has 17 heavy (non-hydrogen) atoms. The quantitative estimate of drug-likeness (QED) is 0.853. The molecule has 1 fully saturated rings. The Balaban J connectivity index is 1.91. The zero-order valence-corrected chi connectivity index (χ0v) is 10.4. The zero-order chi connectivity index (χ0) is 12.4. The van der Waals surface area contributed by atoms with Gasteiger partial charge in [0.25, 0.3) is 0 Å². The topological polar surface area (TPSA) is 35.2 Å². The van der Waals surface area contributed by atoms with Gasteiger partial charge in [-0.3, -0.25) is 0 Å². The van der Waals surface area contributed by atoms with E-state index in [-0.39, 0.29) is 11.9 Å². The molecule has 94 valence electrons. The molecule has 0 radical (unpaired) electrons. The van der Waals surface area contributed by atoms with E-state index < -0.39 is 0 Å². The van der Waals surface area contributed by atoms with Crippen molar-refractivity contribution < 1.29 is 9.13 Å². The number of nitrogens with two attached hydrogens (primary N) is 1. The highest BCUT2D eigenvalue weighted by molar-refractivity contribution is 5.31. The van der Waals surface area contributed by atoms with E-state index in [1.807, 2.05) is 6.92 Å². The summed E-state index contributed by atoms with van der Waals surface area (Å²) in [6, 6.07) is 4.74. The first-order chi connectivity index (χ1) is 8.08. The van der Waals surface area contributed by atoms with Crippen molar-refractivity contribution in [2.45, 2.75) is 32.7 Å². The number of halogens is 1. The summed E-state index contributed by atoms with van der Waals surface area (Å²) in [6.07, 6.45) is 2.30. The van der Waals surface area contributed by atoms with Crippen molar-refractivity contribution in [3.05, 3.63) is 29.6 Å². The minimum Gasteiger partial charge on any atom is -0.490 e. The summed E-state index contributed by atoms with van der Waals surface area (Å²) in [5, 5.41) is 0. The second-order valence-corrected chi connectivity index (χ2v) is 5.09. The molecule has 1 unspecified atom stereocenters. The highest BCUT2D eigenvalue weighted by Gasteiger charge is 2.31. The molecule has 1 aliphatic carbocycles. The minimum absolute atomic E-state index is 0.0959. The average Bonchev–Trinajstić information content (AvgIpc) is 2.97. The lowest BCUT2D eigenvalue weighted by atomic mass is 10.1. The summed E-state index contributed by atoms with van der Waals surface area (Å²) in [7, 11) is 0. The lowest BCUT2D eigenvalue weighted by molar-refractivity contribution is 0.285. The van der Waals surface area contributed by atoms with E-state index in [2.05, 4.69) is 6.92 Å². The van der Waals surface area contributed by atoms with Crippen LogP contribution in [-0.4, -0.2) is 6.61 Å².